The van der Waals surface area contributed by atoms with E-state index in [1.165, 1.54) is 0 Å². The van der Waals surface area contributed by atoms with E-state index >= 15 is 0 Å². The molecule has 0 atom stereocenters. The fourth-order valence-corrected chi connectivity index (χ4v) is 2.31. The predicted molar refractivity (Wildman–Crippen MR) is 76.2 cm³/mol. The Morgan fingerprint density at radius 3 is 2.50 bits per heavy atom. The average Bonchev–Trinajstić information content (AvgIpc) is 2.44. The number of carboxylic acid groups (broad SMARTS) is 1. The summed E-state index contributed by atoms with van der Waals surface area (Å²) in [6.45, 7) is 1.87. The molecule has 0 amide bonds. The summed E-state index contributed by atoms with van der Waals surface area (Å²) in [4.78, 5) is 10.4. The van der Waals surface area contributed by atoms with Crippen molar-refractivity contribution in [2.75, 3.05) is 0 Å². The van der Waals surface area contributed by atoms with Crippen LogP contribution in [0.1, 0.15) is 24.0 Å². The Kier molecular flexibility index (Phi) is 4.41. The van der Waals surface area contributed by atoms with Crippen molar-refractivity contribution in [2.24, 2.45) is 0 Å². The number of hydrogen-bond donors (Lipinski definition) is 1. The van der Waals surface area contributed by atoms with Gasteiger partial charge in [0.05, 0.1) is 0 Å². The molecular weight excluding hydrogens is 252 g/mol. The summed E-state index contributed by atoms with van der Waals surface area (Å²) in [5.74, 6) is -0.799. The van der Waals surface area contributed by atoms with Gasteiger partial charge in [-0.05, 0) is 48.4 Å². The molecule has 0 aromatic heterocycles. The number of hydrogen-bond acceptors (Lipinski definition) is 3. The number of aromatic hydroxyl groups is 1. The van der Waals surface area contributed by atoms with Crippen molar-refractivity contribution in [2.45, 2.75) is 26.2 Å². The summed E-state index contributed by atoms with van der Waals surface area (Å²) in [6, 6.07) is 13.7. The number of aliphatic carboxylic acids is 1. The van der Waals surface area contributed by atoms with Gasteiger partial charge < -0.3 is 15.0 Å². The lowest BCUT2D eigenvalue weighted by atomic mass is 9.95. The number of rotatable bonds is 5. The molecule has 1 N–H and O–H groups in total. The number of phenolic OH excluding ortho intramolecular Hbond substituents is 1. The molecule has 104 valence electrons. The van der Waals surface area contributed by atoms with E-state index in [-0.39, 0.29) is 12.2 Å². The van der Waals surface area contributed by atoms with Gasteiger partial charge in [0, 0.05) is 5.97 Å². The Labute approximate surface area is 118 Å². The molecule has 3 nitrogen and oxygen atoms in total. The monoisotopic (exact) mass is 269 g/mol. The Morgan fingerprint density at radius 2 is 1.85 bits per heavy atom. The number of carbonyl (C=O) groups excluding carboxylic acids is 1. The van der Waals surface area contributed by atoms with Gasteiger partial charge in [-0.2, -0.15) is 0 Å². The van der Waals surface area contributed by atoms with Gasteiger partial charge in [0.1, 0.15) is 5.75 Å². The standard InChI is InChI=1S/C17H18O3/c1-12-15(13-6-3-2-4-7-13)11-10-14(17(12)20)8-5-9-16(18)19/h2-4,6-7,10-11,20H,5,8-9H2,1H3,(H,18,19)/p-1. The number of aryl methyl sites for hydroxylation is 1. The van der Waals surface area contributed by atoms with E-state index in [4.69, 9.17) is 0 Å². The quantitative estimate of drug-likeness (QED) is 0.907. The van der Waals surface area contributed by atoms with Crippen LogP contribution in [-0.2, 0) is 11.2 Å². The Bertz CT molecular complexity index is 603. The molecule has 0 unspecified atom stereocenters. The van der Waals surface area contributed by atoms with E-state index in [1.54, 1.807) is 0 Å². The molecule has 0 aliphatic heterocycles. The molecule has 2 aromatic rings. The van der Waals surface area contributed by atoms with Crippen LogP contribution in [0.2, 0.25) is 0 Å². The van der Waals surface area contributed by atoms with Crippen LogP contribution < -0.4 is 5.11 Å². The molecule has 2 rings (SSSR count). The fourth-order valence-electron chi connectivity index (χ4n) is 2.31. The van der Waals surface area contributed by atoms with Gasteiger partial charge in [-0.1, -0.05) is 42.5 Å². The summed E-state index contributed by atoms with van der Waals surface area (Å²) >= 11 is 0. The molecule has 0 heterocycles. The van der Waals surface area contributed by atoms with Crippen LogP contribution in [0.15, 0.2) is 42.5 Å². The van der Waals surface area contributed by atoms with Gasteiger partial charge >= 0.3 is 0 Å². The smallest absolute Gasteiger partial charge is 0.122 e. The maximum Gasteiger partial charge on any atom is 0.122 e. The zero-order valence-electron chi connectivity index (χ0n) is 11.4. The normalized spacial score (nSPS) is 10.4. The second kappa shape index (κ2) is 6.24. The van der Waals surface area contributed by atoms with E-state index in [9.17, 15) is 15.0 Å². The molecule has 0 saturated heterocycles. The SMILES string of the molecule is Cc1c(-c2ccccc2)ccc(CCCC(=O)[O-])c1O. The van der Waals surface area contributed by atoms with Gasteiger partial charge in [-0.15, -0.1) is 0 Å². The average molecular weight is 269 g/mol. The third-order valence-electron chi connectivity index (χ3n) is 3.43. The van der Waals surface area contributed by atoms with Gasteiger partial charge in [0.2, 0.25) is 0 Å². The van der Waals surface area contributed by atoms with Crippen molar-refractivity contribution in [1.82, 2.24) is 0 Å². The summed E-state index contributed by atoms with van der Waals surface area (Å²) < 4.78 is 0. The molecule has 0 saturated carbocycles. The molecule has 0 radical (unpaired) electrons. The number of carbonyl (C=O) groups is 1. The fraction of sp³-hybridized carbons (Fsp3) is 0.235. The number of phenols is 1. The summed E-state index contributed by atoms with van der Waals surface area (Å²) in [7, 11) is 0. The highest BCUT2D eigenvalue weighted by Crippen LogP contribution is 2.32. The minimum Gasteiger partial charge on any atom is -0.550 e. The molecule has 2 aromatic carbocycles. The topological polar surface area (TPSA) is 60.4 Å². The maximum atomic E-state index is 10.4. The first kappa shape index (κ1) is 14.1. The highest BCUT2D eigenvalue weighted by atomic mass is 16.4. The van der Waals surface area contributed by atoms with Crippen molar-refractivity contribution in [3.05, 3.63) is 53.6 Å². The van der Waals surface area contributed by atoms with Crippen LogP contribution in [0.4, 0.5) is 0 Å². The molecular formula is C17H17O3-. The second-order valence-corrected chi connectivity index (χ2v) is 4.84. The van der Waals surface area contributed by atoms with Crippen molar-refractivity contribution >= 4 is 5.97 Å². The highest BCUT2D eigenvalue weighted by Gasteiger charge is 2.10. The van der Waals surface area contributed by atoms with Crippen LogP contribution in [0.25, 0.3) is 11.1 Å². The van der Waals surface area contributed by atoms with Crippen molar-refractivity contribution in [3.8, 4) is 16.9 Å². The van der Waals surface area contributed by atoms with Gasteiger partial charge in [-0.3, -0.25) is 0 Å². The van der Waals surface area contributed by atoms with Crippen LogP contribution in [0.5, 0.6) is 5.75 Å². The van der Waals surface area contributed by atoms with Crippen LogP contribution >= 0.6 is 0 Å². The summed E-state index contributed by atoms with van der Waals surface area (Å²) in [5.41, 5.74) is 3.65. The van der Waals surface area contributed by atoms with Gasteiger partial charge in [-0.25, -0.2) is 0 Å². The van der Waals surface area contributed by atoms with Gasteiger partial charge in [0.15, 0.2) is 0 Å². The Balaban J connectivity index is 2.23. The van der Waals surface area contributed by atoms with Crippen molar-refractivity contribution in [1.29, 1.82) is 0 Å². The zero-order valence-corrected chi connectivity index (χ0v) is 11.4. The first-order valence-electron chi connectivity index (χ1n) is 6.66. The third kappa shape index (κ3) is 3.18. The largest absolute Gasteiger partial charge is 0.550 e. The maximum absolute atomic E-state index is 10.4. The lowest BCUT2D eigenvalue weighted by Crippen LogP contribution is -2.21. The van der Waals surface area contributed by atoms with E-state index in [0.29, 0.717) is 12.8 Å². The Hall–Kier alpha value is -2.29. The van der Waals surface area contributed by atoms with E-state index in [0.717, 1.165) is 22.3 Å². The summed E-state index contributed by atoms with van der Waals surface area (Å²) in [5, 5.41) is 20.6. The van der Waals surface area contributed by atoms with E-state index in [2.05, 4.69) is 0 Å². The molecule has 0 spiro atoms. The molecule has 20 heavy (non-hydrogen) atoms. The molecule has 0 bridgehead atoms. The van der Waals surface area contributed by atoms with Gasteiger partial charge in [0.25, 0.3) is 0 Å². The lowest BCUT2D eigenvalue weighted by molar-refractivity contribution is -0.305. The Morgan fingerprint density at radius 1 is 1.15 bits per heavy atom. The van der Waals surface area contributed by atoms with Crippen LogP contribution in [0, 0.1) is 6.92 Å². The lowest BCUT2D eigenvalue weighted by Gasteiger charge is -2.12. The van der Waals surface area contributed by atoms with E-state index in [1.807, 2.05) is 49.4 Å². The number of benzene rings is 2. The minimum atomic E-state index is -1.05. The molecule has 0 aliphatic carbocycles. The number of carboxylic acids is 1. The van der Waals surface area contributed by atoms with Crippen LogP contribution in [0.3, 0.4) is 0 Å². The molecule has 0 aliphatic rings. The molecule has 3 heteroatoms. The second-order valence-electron chi connectivity index (χ2n) is 4.84. The predicted octanol–water partition coefficient (Wildman–Crippen LogP) is 2.44. The molecule has 0 fully saturated rings. The van der Waals surface area contributed by atoms with E-state index < -0.39 is 5.97 Å². The van der Waals surface area contributed by atoms with Crippen molar-refractivity contribution < 1.29 is 15.0 Å². The summed E-state index contributed by atoms with van der Waals surface area (Å²) in [6.07, 6.45) is 1.02. The van der Waals surface area contributed by atoms with Crippen molar-refractivity contribution in [3.63, 3.8) is 0 Å². The first-order chi connectivity index (χ1) is 9.59. The first-order valence-corrected chi connectivity index (χ1v) is 6.66. The third-order valence-corrected chi connectivity index (χ3v) is 3.43. The zero-order chi connectivity index (χ0) is 14.5. The van der Waals surface area contributed by atoms with Crippen LogP contribution in [-0.4, -0.2) is 11.1 Å². The minimum absolute atomic E-state index is 0.0128. The highest BCUT2D eigenvalue weighted by molar-refractivity contribution is 5.70.